The summed E-state index contributed by atoms with van der Waals surface area (Å²) in [7, 11) is 1.99. The zero-order valence-electron chi connectivity index (χ0n) is 11.1. The van der Waals surface area contributed by atoms with Crippen molar-refractivity contribution in [3.05, 3.63) is 17.5 Å². The fraction of sp³-hybridized carbons (Fsp3) is 0.769. The molecule has 2 rings (SSSR count). The summed E-state index contributed by atoms with van der Waals surface area (Å²) in [5.41, 5.74) is 2.54. The van der Waals surface area contributed by atoms with Crippen molar-refractivity contribution in [3.63, 3.8) is 0 Å². The van der Waals surface area contributed by atoms with Crippen LogP contribution in [0.5, 0.6) is 0 Å². The third-order valence-corrected chi connectivity index (χ3v) is 3.29. The van der Waals surface area contributed by atoms with Gasteiger partial charge < -0.3 is 10.1 Å². The van der Waals surface area contributed by atoms with Gasteiger partial charge in [0.1, 0.15) is 0 Å². The minimum atomic E-state index is 0.489. The number of nitrogens with zero attached hydrogens (tertiary/aromatic N) is 2. The van der Waals surface area contributed by atoms with Gasteiger partial charge in [-0.2, -0.15) is 5.10 Å². The Morgan fingerprint density at radius 1 is 1.47 bits per heavy atom. The molecule has 1 fully saturated rings. The largest absolute Gasteiger partial charge is 0.381 e. The number of aryl methyl sites for hydroxylation is 1. The van der Waals surface area contributed by atoms with Crippen LogP contribution in [0, 0.1) is 0 Å². The summed E-state index contributed by atoms with van der Waals surface area (Å²) in [5, 5.41) is 8.14. The topological polar surface area (TPSA) is 39.1 Å². The molecule has 1 N–H and O–H groups in total. The molecule has 0 spiro atoms. The van der Waals surface area contributed by atoms with Crippen LogP contribution in [0.15, 0.2) is 6.20 Å². The van der Waals surface area contributed by atoms with E-state index >= 15 is 0 Å². The van der Waals surface area contributed by atoms with Crippen LogP contribution < -0.4 is 5.32 Å². The van der Waals surface area contributed by atoms with Crippen LogP contribution in [-0.4, -0.2) is 29.0 Å². The maximum absolute atomic E-state index is 5.36. The lowest BCUT2D eigenvalue weighted by atomic mass is 10.1. The van der Waals surface area contributed by atoms with Crippen molar-refractivity contribution in [1.29, 1.82) is 0 Å². The highest BCUT2D eigenvalue weighted by molar-refractivity contribution is 5.20. The lowest BCUT2D eigenvalue weighted by Gasteiger charge is -2.23. The van der Waals surface area contributed by atoms with E-state index in [9.17, 15) is 0 Å². The van der Waals surface area contributed by atoms with Crippen molar-refractivity contribution in [1.82, 2.24) is 15.1 Å². The van der Waals surface area contributed by atoms with Gasteiger partial charge in [-0.05, 0) is 18.8 Å². The zero-order valence-corrected chi connectivity index (χ0v) is 11.1. The van der Waals surface area contributed by atoms with Crippen LogP contribution in [0.3, 0.4) is 0 Å². The molecule has 0 atom stereocenters. The Morgan fingerprint density at radius 2 is 2.18 bits per heavy atom. The Labute approximate surface area is 103 Å². The predicted molar refractivity (Wildman–Crippen MR) is 68.0 cm³/mol. The Kier molecular flexibility index (Phi) is 4.18. The van der Waals surface area contributed by atoms with Crippen LogP contribution in [0.4, 0.5) is 0 Å². The van der Waals surface area contributed by atoms with Crippen LogP contribution in [-0.2, 0) is 18.3 Å². The molecule has 96 valence electrons. The van der Waals surface area contributed by atoms with Crippen molar-refractivity contribution < 1.29 is 4.74 Å². The normalized spacial score (nSPS) is 17.9. The number of nitrogens with one attached hydrogen (secondary N) is 1. The molecule has 2 heterocycles. The Balaban J connectivity index is 1.93. The molecule has 1 aliphatic rings. The first-order valence-corrected chi connectivity index (χ1v) is 6.50. The molecule has 0 bridgehead atoms. The molecule has 1 aliphatic heterocycles. The first-order chi connectivity index (χ1) is 8.16. The molecule has 0 amide bonds. The fourth-order valence-corrected chi connectivity index (χ4v) is 2.33. The standard InChI is InChI=1S/C13H23N3O/c1-10(2)13-11(9-16(3)15-13)8-14-12-4-6-17-7-5-12/h9-10,12,14H,4-8H2,1-3H3. The molecule has 4 heteroatoms. The van der Waals surface area contributed by atoms with E-state index in [0.717, 1.165) is 32.6 Å². The summed E-state index contributed by atoms with van der Waals surface area (Å²) >= 11 is 0. The zero-order chi connectivity index (χ0) is 12.3. The van der Waals surface area contributed by atoms with Gasteiger partial charge in [0, 0.05) is 44.6 Å². The van der Waals surface area contributed by atoms with Crippen LogP contribution in [0.25, 0.3) is 0 Å². The van der Waals surface area contributed by atoms with Crippen LogP contribution in [0.2, 0.25) is 0 Å². The van der Waals surface area contributed by atoms with Gasteiger partial charge in [-0.3, -0.25) is 4.68 Å². The van der Waals surface area contributed by atoms with E-state index in [-0.39, 0.29) is 0 Å². The molecular formula is C13H23N3O. The summed E-state index contributed by atoms with van der Waals surface area (Å²) in [6, 6.07) is 0.601. The highest BCUT2D eigenvalue weighted by Gasteiger charge is 2.15. The number of ether oxygens (including phenoxy) is 1. The molecule has 0 saturated carbocycles. The second-order valence-corrected chi connectivity index (χ2v) is 5.14. The van der Waals surface area contributed by atoms with E-state index in [1.807, 2.05) is 11.7 Å². The third kappa shape index (κ3) is 3.30. The van der Waals surface area contributed by atoms with Crippen LogP contribution in [0.1, 0.15) is 43.9 Å². The number of hydrogen-bond donors (Lipinski definition) is 1. The lowest BCUT2D eigenvalue weighted by Crippen LogP contribution is -2.34. The lowest BCUT2D eigenvalue weighted by molar-refractivity contribution is 0.0776. The fourth-order valence-electron chi connectivity index (χ4n) is 2.33. The highest BCUT2D eigenvalue weighted by atomic mass is 16.5. The van der Waals surface area contributed by atoms with Crippen molar-refractivity contribution >= 4 is 0 Å². The Hall–Kier alpha value is -0.870. The average Bonchev–Trinajstić information content (AvgIpc) is 2.69. The first kappa shape index (κ1) is 12.6. The smallest absolute Gasteiger partial charge is 0.0694 e. The first-order valence-electron chi connectivity index (χ1n) is 6.50. The summed E-state index contributed by atoms with van der Waals surface area (Å²) in [6.45, 7) is 7.09. The van der Waals surface area contributed by atoms with Gasteiger partial charge in [0.05, 0.1) is 5.69 Å². The van der Waals surface area contributed by atoms with E-state index in [0.29, 0.717) is 12.0 Å². The summed E-state index contributed by atoms with van der Waals surface area (Å²) < 4.78 is 7.27. The second-order valence-electron chi connectivity index (χ2n) is 5.14. The summed E-state index contributed by atoms with van der Waals surface area (Å²) in [6.07, 6.45) is 4.37. The summed E-state index contributed by atoms with van der Waals surface area (Å²) in [5.74, 6) is 0.489. The number of aromatic nitrogens is 2. The third-order valence-electron chi connectivity index (χ3n) is 3.29. The molecule has 0 radical (unpaired) electrons. The Morgan fingerprint density at radius 3 is 2.82 bits per heavy atom. The molecule has 1 aromatic heterocycles. The average molecular weight is 237 g/mol. The monoisotopic (exact) mass is 237 g/mol. The quantitative estimate of drug-likeness (QED) is 0.868. The minimum absolute atomic E-state index is 0.489. The maximum Gasteiger partial charge on any atom is 0.0694 e. The predicted octanol–water partition coefficient (Wildman–Crippen LogP) is 1.81. The molecule has 0 aliphatic carbocycles. The van der Waals surface area contributed by atoms with Crippen LogP contribution >= 0.6 is 0 Å². The van der Waals surface area contributed by atoms with Gasteiger partial charge in [0.15, 0.2) is 0 Å². The number of rotatable bonds is 4. The van der Waals surface area contributed by atoms with Gasteiger partial charge in [0.2, 0.25) is 0 Å². The molecule has 1 aromatic rings. The highest BCUT2D eigenvalue weighted by Crippen LogP contribution is 2.17. The molecule has 1 saturated heterocycles. The number of hydrogen-bond acceptors (Lipinski definition) is 3. The van der Waals surface area contributed by atoms with Gasteiger partial charge in [0.25, 0.3) is 0 Å². The molecule has 17 heavy (non-hydrogen) atoms. The Bertz CT molecular complexity index is 354. The van der Waals surface area contributed by atoms with Crippen molar-refractivity contribution in [2.75, 3.05) is 13.2 Å². The van der Waals surface area contributed by atoms with Crippen molar-refractivity contribution in [3.8, 4) is 0 Å². The van der Waals surface area contributed by atoms with E-state index in [2.05, 4.69) is 30.5 Å². The van der Waals surface area contributed by atoms with Gasteiger partial charge in [-0.1, -0.05) is 13.8 Å². The van der Waals surface area contributed by atoms with Gasteiger partial charge in [-0.25, -0.2) is 0 Å². The molecule has 0 aromatic carbocycles. The van der Waals surface area contributed by atoms with E-state index in [4.69, 9.17) is 4.74 Å². The van der Waals surface area contributed by atoms with E-state index in [1.165, 1.54) is 11.3 Å². The molecular weight excluding hydrogens is 214 g/mol. The maximum atomic E-state index is 5.36. The summed E-state index contributed by atoms with van der Waals surface area (Å²) in [4.78, 5) is 0. The van der Waals surface area contributed by atoms with Gasteiger partial charge in [-0.15, -0.1) is 0 Å². The second kappa shape index (κ2) is 5.65. The van der Waals surface area contributed by atoms with E-state index in [1.54, 1.807) is 0 Å². The van der Waals surface area contributed by atoms with E-state index < -0.39 is 0 Å². The molecule has 4 nitrogen and oxygen atoms in total. The van der Waals surface area contributed by atoms with Gasteiger partial charge >= 0.3 is 0 Å². The van der Waals surface area contributed by atoms with Crippen molar-refractivity contribution in [2.45, 2.75) is 45.2 Å². The van der Waals surface area contributed by atoms with Crippen molar-refractivity contribution in [2.24, 2.45) is 7.05 Å². The molecule has 0 unspecified atom stereocenters. The minimum Gasteiger partial charge on any atom is -0.381 e. The SMILES string of the molecule is CC(C)c1nn(C)cc1CNC1CCOCC1.